The van der Waals surface area contributed by atoms with E-state index in [2.05, 4.69) is 4.98 Å². The molecule has 1 fully saturated rings. The maximum Gasteiger partial charge on any atom is 0.417 e. The number of likely N-dealkylation sites (tertiary alicyclic amines) is 1. The zero-order chi connectivity index (χ0) is 16.5. The summed E-state index contributed by atoms with van der Waals surface area (Å²) in [4.78, 5) is 27.6. The van der Waals surface area contributed by atoms with Crippen molar-refractivity contribution in [2.75, 3.05) is 6.54 Å². The average molecular weight is 316 g/mol. The van der Waals surface area contributed by atoms with E-state index >= 15 is 0 Å². The minimum atomic E-state index is -4.48. The lowest BCUT2D eigenvalue weighted by atomic mass is 9.92. The molecule has 0 saturated carbocycles. The van der Waals surface area contributed by atoms with E-state index < -0.39 is 29.7 Å². The summed E-state index contributed by atoms with van der Waals surface area (Å²) < 4.78 is 37.6. The number of rotatable bonds is 1. The van der Waals surface area contributed by atoms with Gasteiger partial charge in [0.05, 0.1) is 17.3 Å². The Kier molecular flexibility index (Phi) is 4.39. The van der Waals surface area contributed by atoms with E-state index in [4.69, 9.17) is 5.11 Å². The first-order valence-corrected chi connectivity index (χ1v) is 6.77. The van der Waals surface area contributed by atoms with Crippen molar-refractivity contribution in [3.63, 3.8) is 0 Å². The number of hydrogen-bond acceptors (Lipinski definition) is 3. The molecule has 0 aliphatic carbocycles. The van der Waals surface area contributed by atoms with Gasteiger partial charge in [-0.25, -0.2) is 4.79 Å². The van der Waals surface area contributed by atoms with Crippen LogP contribution in [0.15, 0.2) is 18.3 Å². The molecule has 1 amide bonds. The van der Waals surface area contributed by atoms with Gasteiger partial charge < -0.3 is 10.0 Å². The van der Waals surface area contributed by atoms with Gasteiger partial charge in [0, 0.05) is 12.7 Å². The van der Waals surface area contributed by atoms with Gasteiger partial charge in [0.1, 0.15) is 0 Å². The largest absolute Gasteiger partial charge is 0.474 e. The van der Waals surface area contributed by atoms with Crippen molar-refractivity contribution in [3.05, 3.63) is 29.6 Å². The topological polar surface area (TPSA) is 70.5 Å². The number of pyridine rings is 1. The predicted molar refractivity (Wildman–Crippen MR) is 69.7 cm³/mol. The van der Waals surface area contributed by atoms with E-state index in [1.807, 2.05) is 6.92 Å². The van der Waals surface area contributed by atoms with Crippen molar-refractivity contribution in [1.29, 1.82) is 0 Å². The first-order chi connectivity index (χ1) is 10.2. The van der Waals surface area contributed by atoms with Crippen LogP contribution in [0, 0.1) is 5.92 Å². The fraction of sp³-hybridized carbons (Fsp3) is 0.500. The monoisotopic (exact) mass is 316 g/mol. The van der Waals surface area contributed by atoms with Crippen LogP contribution in [0.5, 0.6) is 0 Å². The van der Waals surface area contributed by atoms with Gasteiger partial charge in [-0.3, -0.25) is 9.78 Å². The lowest BCUT2D eigenvalue weighted by Crippen LogP contribution is -2.45. The number of amides is 1. The number of carbonyl (C=O) groups is 2. The number of aliphatic carboxylic acids is 1. The van der Waals surface area contributed by atoms with Crippen LogP contribution in [0.4, 0.5) is 13.2 Å². The Balaban J connectivity index is 2.28. The number of piperidine rings is 1. The van der Waals surface area contributed by atoms with E-state index in [1.165, 1.54) is 11.0 Å². The lowest BCUT2D eigenvalue weighted by Gasteiger charge is -2.37. The number of halogens is 3. The SMILES string of the molecule is CC1CCC(c2ccc(C(F)(F)F)cn2)N(C(=O)C(=O)O)C1. The third-order valence-electron chi connectivity index (χ3n) is 3.72. The molecule has 1 aliphatic rings. The summed E-state index contributed by atoms with van der Waals surface area (Å²) >= 11 is 0. The summed E-state index contributed by atoms with van der Waals surface area (Å²) in [6.07, 6.45) is -2.56. The van der Waals surface area contributed by atoms with Crippen LogP contribution in [0.25, 0.3) is 0 Å². The van der Waals surface area contributed by atoms with Crippen molar-refractivity contribution >= 4 is 11.9 Å². The molecule has 2 unspecified atom stereocenters. The smallest absolute Gasteiger partial charge is 0.417 e. The molecule has 2 rings (SSSR count). The summed E-state index contributed by atoms with van der Waals surface area (Å²) in [5, 5.41) is 8.88. The second-order valence-electron chi connectivity index (χ2n) is 5.43. The zero-order valence-corrected chi connectivity index (χ0v) is 11.8. The summed E-state index contributed by atoms with van der Waals surface area (Å²) in [7, 11) is 0. The van der Waals surface area contributed by atoms with Crippen molar-refractivity contribution in [1.82, 2.24) is 9.88 Å². The number of carboxylic acids is 1. The van der Waals surface area contributed by atoms with Gasteiger partial charge in [-0.1, -0.05) is 6.92 Å². The molecule has 0 bridgehead atoms. The highest BCUT2D eigenvalue weighted by molar-refractivity contribution is 6.31. The third-order valence-corrected chi connectivity index (χ3v) is 3.72. The second-order valence-corrected chi connectivity index (χ2v) is 5.43. The van der Waals surface area contributed by atoms with Crippen LogP contribution in [-0.2, 0) is 15.8 Å². The number of aromatic nitrogens is 1. The van der Waals surface area contributed by atoms with Crippen LogP contribution in [0.3, 0.4) is 0 Å². The molecule has 0 spiro atoms. The Morgan fingerprint density at radius 1 is 1.32 bits per heavy atom. The van der Waals surface area contributed by atoms with Crippen LogP contribution in [-0.4, -0.2) is 33.4 Å². The number of hydrogen-bond donors (Lipinski definition) is 1. The third kappa shape index (κ3) is 3.37. The van der Waals surface area contributed by atoms with Crippen molar-refractivity contribution < 1.29 is 27.9 Å². The highest BCUT2D eigenvalue weighted by Gasteiger charge is 2.36. The van der Waals surface area contributed by atoms with Crippen LogP contribution >= 0.6 is 0 Å². The second kappa shape index (κ2) is 5.94. The molecule has 120 valence electrons. The van der Waals surface area contributed by atoms with E-state index in [-0.39, 0.29) is 18.2 Å². The molecule has 8 heteroatoms. The lowest BCUT2D eigenvalue weighted by molar-refractivity contribution is -0.158. The average Bonchev–Trinajstić information content (AvgIpc) is 2.45. The van der Waals surface area contributed by atoms with Gasteiger partial charge in [0.2, 0.25) is 0 Å². The quantitative estimate of drug-likeness (QED) is 0.808. The number of nitrogens with zero attached hydrogens (tertiary/aromatic N) is 2. The molecule has 1 aromatic rings. The predicted octanol–water partition coefficient (Wildman–Crippen LogP) is 2.48. The van der Waals surface area contributed by atoms with Gasteiger partial charge in [-0.2, -0.15) is 13.2 Å². The van der Waals surface area contributed by atoms with Gasteiger partial charge >= 0.3 is 18.1 Å². The first-order valence-electron chi connectivity index (χ1n) is 6.77. The molecule has 1 aromatic heterocycles. The van der Waals surface area contributed by atoms with Crippen LogP contribution < -0.4 is 0 Å². The molecule has 1 N–H and O–H groups in total. The summed E-state index contributed by atoms with van der Waals surface area (Å²) in [6, 6.07) is 1.48. The molecule has 0 aromatic carbocycles. The molecule has 2 atom stereocenters. The Bertz CT molecular complexity index is 572. The molecular weight excluding hydrogens is 301 g/mol. The van der Waals surface area contributed by atoms with E-state index in [9.17, 15) is 22.8 Å². The highest BCUT2D eigenvalue weighted by atomic mass is 19.4. The molecule has 5 nitrogen and oxygen atoms in total. The number of carbonyl (C=O) groups excluding carboxylic acids is 1. The Morgan fingerprint density at radius 2 is 2.00 bits per heavy atom. The Morgan fingerprint density at radius 3 is 2.50 bits per heavy atom. The molecule has 0 radical (unpaired) electrons. The molecular formula is C14H15F3N2O3. The summed E-state index contributed by atoms with van der Waals surface area (Å²) in [5.41, 5.74) is -0.606. The standard InChI is InChI=1S/C14H15F3N2O3/c1-8-2-5-11(19(7-8)12(20)13(21)22)10-4-3-9(6-18-10)14(15,16)17/h3-4,6,8,11H,2,5,7H2,1H3,(H,21,22). The van der Waals surface area contributed by atoms with Gasteiger partial charge in [0.25, 0.3) is 0 Å². The molecule has 1 saturated heterocycles. The van der Waals surface area contributed by atoms with E-state index in [0.29, 0.717) is 12.6 Å². The van der Waals surface area contributed by atoms with Crippen molar-refractivity contribution in [3.8, 4) is 0 Å². The minimum Gasteiger partial charge on any atom is -0.474 e. The van der Waals surface area contributed by atoms with Crippen molar-refractivity contribution in [2.24, 2.45) is 5.92 Å². The maximum absolute atomic E-state index is 12.5. The van der Waals surface area contributed by atoms with Crippen molar-refractivity contribution in [2.45, 2.75) is 32.0 Å². The Hall–Kier alpha value is -2.12. The summed E-state index contributed by atoms with van der Waals surface area (Å²) in [6.45, 7) is 2.14. The minimum absolute atomic E-state index is 0.133. The summed E-state index contributed by atoms with van der Waals surface area (Å²) in [5.74, 6) is -2.50. The number of alkyl halides is 3. The maximum atomic E-state index is 12.5. The van der Waals surface area contributed by atoms with Gasteiger partial charge in [-0.05, 0) is 30.9 Å². The van der Waals surface area contributed by atoms with E-state index in [0.717, 1.165) is 12.5 Å². The number of carboxylic acid groups (broad SMARTS) is 1. The normalized spacial score (nSPS) is 22.5. The molecule has 1 aliphatic heterocycles. The van der Waals surface area contributed by atoms with Crippen LogP contribution in [0.1, 0.15) is 37.1 Å². The van der Waals surface area contributed by atoms with Gasteiger partial charge in [-0.15, -0.1) is 0 Å². The molecule has 2 heterocycles. The van der Waals surface area contributed by atoms with E-state index in [1.54, 1.807) is 0 Å². The van der Waals surface area contributed by atoms with Crippen LogP contribution in [0.2, 0.25) is 0 Å². The highest BCUT2D eigenvalue weighted by Crippen LogP contribution is 2.34. The fourth-order valence-corrected chi connectivity index (χ4v) is 2.58. The zero-order valence-electron chi connectivity index (χ0n) is 11.8. The van der Waals surface area contributed by atoms with Gasteiger partial charge in [0.15, 0.2) is 0 Å². The first kappa shape index (κ1) is 16.3. The molecule has 22 heavy (non-hydrogen) atoms. The fourth-order valence-electron chi connectivity index (χ4n) is 2.58. The Labute approximate surface area is 124 Å².